The van der Waals surface area contributed by atoms with E-state index in [0.29, 0.717) is 25.0 Å². The molecule has 1 unspecified atom stereocenters. The van der Waals surface area contributed by atoms with Gasteiger partial charge in [0.2, 0.25) is 5.91 Å². The molecule has 2 heterocycles. The Morgan fingerprint density at radius 2 is 1.86 bits per heavy atom. The highest BCUT2D eigenvalue weighted by Crippen LogP contribution is 2.02. The Hall–Kier alpha value is -0.650. The second-order valence-corrected chi connectivity index (χ2v) is 4.19. The first-order valence-electron chi connectivity index (χ1n) is 5.22. The molecule has 0 saturated carbocycles. The van der Waals surface area contributed by atoms with Gasteiger partial charge in [0.15, 0.2) is 0 Å². The fraction of sp³-hybridized carbons (Fsp3) is 0.889. The number of hydrogen-bond donors (Lipinski definition) is 4. The molecule has 2 fully saturated rings. The molecule has 0 radical (unpaired) electrons. The van der Waals surface area contributed by atoms with Crippen molar-refractivity contribution in [2.24, 2.45) is 5.92 Å². The van der Waals surface area contributed by atoms with Gasteiger partial charge < -0.3 is 21.3 Å². The number of carbonyl (C=O) groups excluding carboxylic acids is 1. The molecule has 2 aliphatic heterocycles. The Morgan fingerprint density at radius 3 is 2.43 bits per heavy atom. The number of rotatable bonds is 1. The first kappa shape index (κ1) is 9.89. The number of carbonyl (C=O) groups is 1. The Kier molecular flexibility index (Phi) is 3.00. The van der Waals surface area contributed by atoms with Gasteiger partial charge in [0, 0.05) is 19.6 Å². The topological polar surface area (TPSA) is 65.2 Å². The van der Waals surface area contributed by atoms with Crippen LogP contribution in [0.1, 0.15) is 6.92 Å². The SMILES string of the molecule is CC1CNC(C2CNC(=O)CN2)NC1. The van der Waals surface area contributed by atoms with E-state index in [9.17, 15) is 4.79 Å². The van der Waals surface area contributed by atoms with Crippen molar-refractivity contribution in [3.05, 3.63) is 0 Å². The van der Waals surface area contributed by atoms with Crippen molar-refractivity contribution >= 4 is 5.91 Å². The zero-order chi connectivity index (χ0) is 9.97. The lowest BCUT2D eigenvalue weighted by Gasteiger charge is -2.37. The summed E-state index contributed by atoms with van der Waals surface area (Å²) >= 11 is 0. The molecular weight excluding hydrogens is 180 g/mol. The molecule has 5 nitrogen and oxygen atoms in total. The standard InChI is InChI=1S/C9H18N4O/c1-6-2-12-9(13-3-6)7-4-11-8(14)5-10-7/h6-7,9-10,12-13H,2-5H2,1H3,(H,11,14). The van der Waals surface area contributed by atoms with Gasteiger partial charge in [0.05, 0.1) is 18.8 Å². The molecular formula is C9H18N4O. The Morgan fingerprint density at radius 1 is 1.14 bits per heavy atom. The predicted octanol–water partition coefficient (Wildman–Crippen LogP) is -1.77. The van der Waals surface area contributed by atoms with Crippen LogP contribution < -0.4 is 21.3 Å². The predicted molar refractivity (Wildman–Crippen MR) is 53.8 cm³/mol. The van der Waals surface area contributed by atoms with Crippen LogP contribution in [0.5, 0.6) is 0 Å². The van der Waals surface area contributed by atoms with Gasteiger partial charge in [-0.2, -0.15) is 0 Å². The summed E-state index contributed by atoms with van der Waals surface area (Å²) in [6, 6.07) is 0.306. The van der Waals surface area contributed by atoms with E-state index in [1.165, 1.54) is 0 Å². The molecule has 4 N–H and O–H groups in total. The van der Waals surface area contributed by atoms with Gasteiger partial charge in [-0.3, -0.25) is 4.79 Å². The molecule has 0 spiro atoms. The van der Waals surface area contributed by atoms with Crippen molar-refractivity contribution in [3.8, 4) is 0 Å². The second-order valence-electron chi connectivity index (χ2n) is 4.19. The van der Waals surface area contributed by atoms with Crippen molar-refractivity contribution in [2.75, 3.05) is 26.2 Å². The first-order valence-corrected chi connectivity index (χ1v) is 5.22. The summed E-state index contributed by atoms with van der Waals surface area (Å²) in [6.45, 7) is 5.44. The molecule has 0 aliphatic carbocycles. The van der Waals surface area contributed by atoms with Crippen molar-refractivity contribution in [1.29, 1.82) is 0 Å². The largest absolute Gasteiger partial charge is 0.353 e. The van der Waals surface area contributed by atoms with E-state index < -0.39 is 0 Å². The zero-order valence-corrected chi connectivity index (χ0v) is 8.47. The van der Waals surface area contributed by atoms with Crippen molar-refractivity contribution < 1.29 is 4.79 Å². The van der Waals surface area contributed by atoms with Crippen LogP contribution in [0.2, 0.25) is 0 Å². The normalized spacial score (nSPS) is 39.2. The third-order valence-electron chi connectivity index (χ3n) is 2.82. The highest BCUT2D eigenvalue weighted by molar-refractivity contribution is 5.78. The average Bonchev–Trinajstić information content (AvgIpc) is 2.21. The van der Waals surface area contributed by atoms with Gasteiger partial charge in [-0.1, -0.05) is 6.92 Å². The monoisotopic (exact) mass is 198 g/mol. The zero-order valence-electron chi connectivity index (χ0n) is 8.47. The van der Waals surface area contributed by atoms with Crippen LogP contribution in [0.15, 0.2) is 0 Å². The molecule has 0 aromatic carbocycles. The third-order valence-corrected chi connectivity index (χ3v) is 2.82. The maximum atomic E-state index is 10.9. The second kappa shape index (κ2) is 4.25. The van der Waals surface area contributed by atoms with E-state index in [0.717, 1.165) is 13.1 Å². The van der Waals surface area contributed by atoms with Crippen LogP contribution >= 0.6 is 0 Å². The van der Waals surface area contributed by atoms with Gasteiger partial charge in [-0.05, 0) is 5.92 Å². The lowest BCUT2D eigenvalue weighted by Crippen LogP contribution is -2.67. The summed E-state index contributed by atoms with van der Waals surface area (Å²) in [5, 5.41) is 12.9. The van der Waals surface area contributed by atoms with E-state index in [4.69, 9.17) is 0 Å². The van der Waals surface area contributed by atoms with Gasteiger partial charge in [0.25, 0.3) is 0 Å². The smallest absolute Gasteiger partial charge is 0.234 e. The lowest BCUT2D eigenvalue weighted by molar-refractivity contribution is -0.121. The average molecular weight is 198 g/mol. The van der Waals surface area contributed by atoms with E-state index in [1.807, 2.05) is 0 Å². The van der Waals surface area contributed by atoms with E-state index in [-0.39, 0.29) is 12.1 Å². The third kappa shape index (κ3) is 2.23. The van der Waals surface area contributed by atoms with Gasteiger partial charge >= 0.3 is 0 Å². The summed E-state index contributed by atoms with van der Waals surface area (Å²) in [7, 11) is 0. The maximum Gasteiger partial charge on any atom is 0.234 e. The molecule has 0 bridgehead atoms. The molecule has 0 aromatic rings. The molecule has 2 saturated heterocycles. The van der Waals surface area contributed by atoms with Crippen LogP contribution in [0.4, 0.5) is 0 Å². The molecule has 2 rings (SSSR count). The van der Waals surface area contributed by atoms with Gasteiger partial charge in [0.1, 0.15) is 0 Å². The van der Waals surface area contributed by atoms with Crippen LogP contribution in [0.25, 0.3) is 0 Å². The number of hydrogen-bond acceptors (Lipinski definition) is 4. The summed E-state index contributed by atoms with van der Waals surface area (Å²) in [5.74, 6) is 0.773. The molecule has 80 valence electrons. The lowest BCUT2D eigenvalue weighted by atomic mass is 10.1. The number of nitrogens with one attached hydrogen (secondary N) is 4. The Labute approximate surface area is 84.0 Å². The molecule has 2 aliphatic rings. The maximum absolute atomic E-state index is 10.9. The fourth-order valence-electron chi connectivity index (χ4n) is 1.90. The van der Waals surface area contributed by atoms with Crippen LogP contribution in [-0.4, -0.2) is 44.3 Å². The minimum absolute atomic E-state index is 0.0884. The highest BCUT2D eigenvalue weighted by atomic mass is 16.2. The molecule has 14 heavy (non-hydrogen) atoms. The number of amides is 1. The van der Waals surface area contributed by atoms with E-state index in [2.05, 4.69) is 28.2 Å². The number of piperazine rings is 1. The van der Waals surface area contributed by atoms with Crippen LogP contribution in [0.3, 0.4) is 0 Å². The minimum atomic E-state index is 0.0884. The summed E-state index contributed by atoms with van der Waals surface area (Å²) < 4.78 is 0. The van der Waals surface area contributed by atoms with Crippen molar-refractivity contribution in [2.45, 2.75) is 19.1 Å². The molecule has 5 heteroatoms. The Bertz CT molecular complexity index is 203. The summed E-state index contributed by atoms with van der Waals surface area (Å²) in [5.41, 5.74) is 0. The molecule has 1 atom stereocenters. The van der Waals surface area contributed by atoms with Crippen LogP contribution in [0, 0.1) is 5.92 Å². The first-order chi connectivity index (χ1) is 6.75. The highest BCUT2D eigenvalue weighted by Gasteiger charge is 2.27. The molecule has 1 amide bonds. The summed E-state index contributed by atoms with van der Waals surface area (Å²) in [6.07, 6.45) is 0.284. The summed E-state index contributed by atoms with van der Waals surface area (Å²) in [4.78, 5) is 10.9. The van der Waals surface area contributed by atoms with Gasteiger partial charge in [-0.15, -0.1) is 0 Å². The van der Waals surface area contributed by atoms with E-state index >= 15 is 0 Å². The Balaban J connectivity index is 1.81. The molecule has 0 aromatic heterocycles. The van der Waals surface area contributed by atoms with E-state index in [1.54, 1.807) is 0 Å². The van der Waals surface area contributed by atoms with Gasteiger partial charge in [-0.25, -0.2) is 0 Å². The fourth-order valence-corrected chi connectivity index (χ4v) is 1.90. The van der Waals surface area contributed by atoms with Crippen molar-refractivity contribution in [1.82, 2.24) is 21.3 Å². The van der Waals surface area contributed by atoms with Crippen molar-refractivity contribution in [3.63, 3.8) is 0 Å². The quantitative estimate of drug-likeness (QED) is 0.403. The van der Waals surface area contributed by atoms with Crippen LogP contribution in [-0.2, 0) is 4.79 Å². The minimum Gasteiger partial charge on any atom is -0.353 e.